The molecule has 0 aliphatic heterocycles. The molecule has 1 aromatic heterocycles. The average Bonchev–Trinajstić information content (AvgIpc) is 3.18. The Hall–Kier alpha value is -1.96. The van der Waals surface area contributed by atoms with E-state index in [1.807, 2.05) is 12.1 Å². The van der Waals surface area contributed by atoms with Gasteiger partial charge < -0.3 is 10.1 Å². The molecule has 21 heavy (non-hydrogen) atoms. The van der Waals surface area contributed by atoms with Gasteiger partial charge in [-0.05, 0) is 43.0 Å². The van der Waals surface area contributed by atoms with E-state index >= 15 is 0 Å². The fourth-order valence-corrected chi connectivity index (χ4v) is 2.28. The topological polar surface area (TPSA) is 92.8 Å². The largest absolute Gasteiger partial charge is 0.484 e. The molecule has 1 aromatic carbocycles. The molecule has 3 rings (SSSR count). The van der Waals surface area contributed by atoms with E-state index in [2.05, 4.69) is 41.9 Å². The minimum atomic E-state index is -0.195. The van der Waals surface area contributed by atoms with Gasteiger partial charge in [0.15, 0.2) is 12.4 Å². The Morgan fingerprint density at radius 3 is 2.81 bits per heavy atom. The highest BCUT2D eigenvalue weighted by Crippen LogP contribution is 2.39. The van der Waals surface area contributed by atoms with Gasteiger partial charge in [-0.3, -0.25) is 4.79 Å². The van der Waals surface area contributed by atoms with Crippen molar-refractivity contribution in [2.45, 2.75) is 18.9 Å². The van der Waals surface area contributed by atoms with Gasteiger partial charge in [-0.2, -0.15) is 5.21 Å². The first-order valence-electron chi connectivity index (χ1n) is 6.63. The summed E-state index contributed by atoms with van der Waals surface area (Å²) in [7, 11) is 0. The van der Waals surface area contributed by atoms with Crippen LogP contribution in [-0.2, 0) is 4.79 Å². The third kappa shape index (κ3) is 3.78. The molecule has 0 radical (unpaired) electrons. The van der Waals surface area contributed by atoms with Crippen LogP contribution in [0, 0.1) is 5.92 Å². The van der Waals surface area contributed by atoms with E-state index in [9.17, 15) is 4.79 Å². The monoisotopic (exact) mass is 351 g/mol. The van der Waals surface area contributed by atoms with Crippen LogP contribution in [0.4, 0.5) is 0 Å². The van der Waals surface area contributed by atoms with E-state index in [0.717, 1.165) is 17.3 Å². The minimum absolute atomic E-state index is 0.0390. The van der Waals surface area contributed by atoms with Gasteiger partial charge in [0.2, 0.25) is 0 Å². The summed E-state index contributed by atoms with van der Waals surface area (Å²) in [4.78, 5) is 12.0. The van der Waals surface area contributed by atoms with Crippen LogP contribution in [-0.4, -0.2) is 33.1 Å². The molecule has 1 aliphatic rings. The van der Waals surface area contributed by atoms with E-state index in [0.29, 0.717) is 17.5 Å². The molecule has 1 unspecified atom stereocenters. The van der Waals surface area contributed by atoms with Crippen LogP contribution in [0.15, 0.2) is 28.7 Å². The third-order valence-electron chi connectivity index (χ3n) is 3.23. The Bertz CT molecular complexity index is 598. The lowest BCUT2D eigenvalue weighted by Crippen LogP contribution is -2.34. The Morgan fingerprint density at radius 2 is 2.19 bits per heavy atom. The molecule has 110 valence electrons. The van der Waals surface area contributed by atoms with Gasteiger partial charge in [0.1, 0.15) is 5.75 Å². The summed E-state index contributed by atoms with van der Waals surface area (Å²) in [6, 6.07) is 7.13. The molecule has 1 aliphatic carbocycles. The number of aromatic nitrogens is 4. The number of nitrogens with zero attached hydrogens (tertiary/aromatic N) is 3. The van der Waals surface area contributed by atoms with Crippen LogP contribution in [0.25, 0.3) is 0 Å². The second-order valence-electron chi connectivity index (χ2n) is 4.90. The molecule has 1 fully saturated rings. The van der Waals surface area contributed by atoms with Crippen molar-refractivity contribution in [3.8, 4) is 5.75 Å². The van der Waals surface area contributed by atoms with Gasteiger partial charge in [-0.25, -0.2) is 0 Å². The number of rotatable bonds is 6. The van der Waals surface area contributed by atoms with E-state index in [1.54, 1.807) is 12.1 Å². The second kappa shape index (κ2) is 6.21. The van der Waals surface area contributed by atoms with Crippen molar-refractivity contribution in [2.75, 3.05) is 6.61 Å². The average molecular weight is 352 g/mol. The number of nitrogens with one attached hydrogen (secondary N) is 2. The first-order chi connectivity index (χ1) is 10.2. The number of amides is 1. The summed E-state index contributed by atoms with van der Waals surface area (Å²) in [5, 5.41) is 16.8. The number of benzene rings is 1. The molecule has 0 bridgehead atoms. The molecule has 0 saturated heterocycles. The number of carbonyl (C=O) groups is 1. The lowest BCUT2D eigenvalue weighted by molar-refractivity contribution is -0.124. The number of carbonyl (C=O) groups excluding carboxylic acids is 1. The second-order valence-corrected chi connectivity index (χ2v) is 5.81. The van der Waals surface area contributed by atoms with Crippen molar-refractivity contribution in [3.05, 3.63) is 34.6 Å². The van der Waals surface area contributed by atoms with Gasteiger partial charge in [0.05, 0.1) is 6.04 Å². The molecule has 0 spiro atoms. The van der Waals surface area contributed by atoms with E-state index < -0.39 is 0 Å². The summed E-state index contributed by atoms with van der Waals surface area (Å²) in [6.07, 6.45) is 2.13. The SMILES string of the molecule is O=C(COc1ccc(Br)cc1)NC(c1nn[nH]n1)C1CC1. The highest BCUT2D eigenvalue weighted by molar-refractivity contribution is 9.10. The summed E-state index contributed by atoms with van der Waals surface area (Å²) in [5.74, 6) is 1.37. The van der Waals surface area contributed by atoms with Crippen molar-refractivity contribution >= 4 is 21.8 Å². The van der Waals surface area contributed by atoms with Crippen LogP contribution < -0.4 is 10.1 Å². The molecular formula is C13H14BrN5O2. The van der Waals surface area contributed by atoms with Crippen molar-refractivity contribution in [1.29, 1.82) is 0 Å². The van der Waals surface area contributed by atoms with Crippen LogP contribution in [0.5, 0.6) is 5.75 Å². The summed E-state index contributed by atoms with van der Waals surface area (Å²) >= 11 is 3.35. The summed E-state index contributed by atoms with van der Waals surface area (Å²) < 4.78 is 6.41. The number of tetrazole rings is 1. The summed E-state index contributed by atoms with van der Waals surface area (Å²) in [5.41, 5.74) is 0. The molecule has 2 N–H and O–H groups in total. The molecule has 1 atom stereocenters. The lowest BCUT2D eigenvalue weighted by atomic mass is 10.2. The Morgan fingerprint density at radius 1 is 1.43 bits per heavy atom. The van der Waals surface area contributed by atoms with E-state index in [4.69, 9.17) is 4.74 Å². The maximum Gasteiger partial charge on any atom is 0.258 e. The van der Waals surface area contributed by atoms with E-state index in [-0.39, 0.29) is 18.6 Å². The van der Waals surface area contributed by atoms with Gasteiger partial charge in [0, 0.05) is 4.47 Å². The van der Waals surface area contributed by atoms with Crippen molar-refractivity contribution in [2.24, 2.45) is 5.92 Å². The maximum atomic E-state index is 12.0. The summed E-state index contributed by atoms with van der Waals surface area (Å²) in [6.45, 7) is -0.0390. The predicted octanol–water partition coefficient (Wildman–Crippen LogP) is 1.61. The third-order valence-corrected chi connectivity index (χ3v) is 3.76. The van der Waals surface area contributed by atoms with Crippen molar-refractivity contribution in [3.63, 3.8) is 0 Å². The zero-order valence-corrected chi connectivity index (χ0v) is 12.7. The smallest absolute Gasteiger partial charge is 0.258 e. The molecule has 8 heteroatoms. The normalized spacial score (nSPS) is 15.5. The highest BCUT2D eigenvalue weighted by atomic mass is 79.9. The fraction of sp³-hybridized carbons (Fsp3) is 0.385. The zero-order valence-electron chi connectivity index (χ0n) is 11.1. The number of H-pyrrole nitrogens is 1. The number of hydrogen-bond donors (Lipinski definition) is 2. The van der Waals surface area contributed by atoms with Gasteiger partial charge >= 0.3 is 0 Å². The molecule has 1 saturated carbocycles. The number of aromatic amines is 1. The van der Waals surface area contributed by atoms with Gasteiger partial charge in [-0.1, -0.05) is 21.1 Å². The van der Waals surface area contributed by atoms with Crippen LogP contribution >= 0.6 is 15.9 Å². The van der Waals surface area contributed by atoms with Gasteiger partial charge in [-0.15, -0.1) is 10.2 Å². The van der Waals surface area contributed by atoms with Crippen LogP contribution in [0.1, 0.15) is 24.7 Å². The zero-order chi connectivity index (χ0) is 14.7. The maximum absolute atomic E-state index is 12.0. The molecule has 1 amide bonds. The Kier molecular flexibility index (Phi) is 4.14. The molecule has 2 aromatic rings. The Labute approximate surface area is 129 Å². The fourth-order valence-electron chi connectivity index (χ4n) is 2.02. The van der Waals surface area contributed by atoms with E-state index in [1.165, 1.54) is 0 Å². The van der Waals surface area contributed by atoms with Gasteiger partial charge in [0.25, 0.3) is 5.91 Å². The van der Waals surface area contributed by atoms with Crippen LogP contribution in [0.3, 0.4) is 0 Å². The van der Waals surface area contributed by atoms with Crippen molar-refractivity contribution in [1.82, 2.24) is 25.9 Å². The molecule has 1 heterocycles. The van der Waals surface area contributed by atoms with Crippen molar-refractivity contribution < 1.29 is 9.53 Å². The number of hydrogen-bond acceptors (Lipinski definition) is 5. The molecular weight excluding hydrogens is 338 g/mol. The minimum Gasteiger partial charge on any atom is -0.484 e. The Balaban J connectivity index is 1.54. The first-order valence-corrected chi connectivity index (χ1v) is 7.43. The number of halogens is 1. The molecule has 7 nitrogen and oxygen atoms in total. The van der Waals surface area contributed by atoms with Crippen LogP contribution in [0.2, 0.25) is 0 Å². The highest BCUT2D eigenvalue weighted by Gasteiger charge is 2.36. The quantitative estimate of drug-likeness (QED) is 0.824. The lowest BCUT2D eigenvalue weighted by Gasteiger charge is -2.14. The number of ether oxygens (including phenoxy) is 1. The standard InChI is InChI=1S/C13H14BrN5O2/c14-9-3-5-10(6-4-9)21-7-11(20)15-12(8-1-2-8)13-16-18-19-17-13/h3-6,8,12H,1-2,7H2,(H,15,20)(H,16,17,18,19). The predicted molar refractivity (Wildman–Crippen MR) is 77.4 cm³/mol. The first kappa shape index (κ1) is 14.0.